The highest BCUT2D eigenvalue weighted by Gasteiger charge is 2.21. The van der Waals surface area contributed by atoms with Crippen molar-refractivity contribution in [3.63, 3.8) is 0 Å². The molecule has 0 aliphatic carbocycles. The second kappa shape index (κ2) is 9.02. The number of benzene rings is 4. The summed E-state index contributed by atoms with van der Waals surface area (Å²) in [6, 6.07) is 37.8. The molecule has 0 bridgehead atoms. The topological polar surface area (TPSA) is 17.8 Å². The second-order valence-electron chi connectivity index (χ2n) is 9.52. The molecule has 1 heterocycles. The van der Waals surface area contributed by atoms with Crippen LogP contribution in [0.5, 0.6) is 0 Å². The van der Waals surface area contributed by atoms with Crippen molar-refractivity contribution in [1.82, 2.24) is 9.78 Å². The molecule has 0 spiro atoms. The van der Waals surface area contributed by atoms with Crippen LogP contribution in [0.15, 0.2) is 115 Å². The van der Waals surface area contributed by atoms with Gasteiger partial charge in [-0.2, -0.15) is 5.10 Å². The highest BCUT2D eigenvalue weighted by molar-refractivity contribution is 5.96. The standard InChI is InChI=1S/C32H28N2/c1-32(2,3)26-20-22-30-29(23-26)31(34(33-30)27-17-11-6-12-18-27)28(25-15-9-5-10-16-25)21-19-24-13-7-4-8-14-24/h4-20,22-23H,1-3H3. The summed E-state index contributed by atoms with van der Waals surface area (Å²) in [5.41, 5.74) is 11.3. The van der Waals surface area contributed by atoms with Crippen LogP contribution in [0, 0.1) is 0 Å². The van der Waals surface area contributed by atoms with E-state index in [2.05, 4.69) is 128 Å². The highest BCUT2D eigenvalue weighted by atomic mass is 15.3. The Labute approximate surface area is 201 Å². The fraction of sp³-hybridized carbons (Fsp3) is 0.125. The molecule has 0 radical (unpaired) electrons. The summed E-state index contributed by atoms with van der Waals surface area (Å²) in [6.45, 7) is 6.75. The fourth-order valence-corrected chi connectivity index (χ4v) is 4.15. The molecule has 0 aliphatic heterocycles. The summed E-state index contributed by atoms with van der Waals surface area (Å²) >= 11 is 0. The molecule has 4 aromatic carbocycles. The van der Waals surface area contributed by atoms with Gasteiger partial charge in [0.15, 0.2) is 0 Å². The van der Waals surface area contributed by atoms with Crippen molar-refractivity contribution in [1.29, 1.82) is 0 Å². The first-order valence-corrected chi connectivity index (χ1v) is 11.7. The Morgan fingerprint density at radius 3 is 2.03 bits per heavy atom. The Balaban J connectivity index is 1.86. The van der Waals surface area contributed by atoms with Crippen molar-refractivity contribution >= 4 is 22.6 Å². The van der Waals surface area contributed by atoms with Gasteiger partial charge < -0.3 is 0 Å². The number of aromatic nitrogens is 2. The lowest BCUT2D eigenvalue weighted by atomic mass is 9.86. The minimum absolute atomic E-state index is 0.0385. The van der Waals surface area contributed by atoms with Gasteiger partial charge in [-0.1, -0.05) is 106 Å². The van der Waals surface area contributed by atoms with Crippen molar-refractivity contribution in [2.45, 2.75) is 26.2 Å². The lowest BCUT2D eigenvalue weighted by Gasteiger charge is -2.19. The quantitative estimate of drug-likeness (QED) is 0.258. The maximum atomic E-state index is 5.05. The molecular formula is C32H28N2. The third-order valence-corrected chi connectivity index (χ3v) is 6.02. The van der Waals surface area contributed by atoms with Crippen LogP contribution in [-0.4, -0.2) is 9.78 Å². The average molecular weight is 441 g/mol. The lowest BCUT2D eigenvalue weighted by molar-refractivity contribution is 0.591. The molecular weight excluding hydrogens is 412 g/mol. The zero-order valence-corrected chi connectivity index (χ0v) is 19.9. The number of nitrogens with zero attached hydrogens (tertiary/aromatic N) is 2. The summed E-state index contributed by atoms with van der Waals surface area (Å²) in [7, 11) is 0. The Morgan fingerprint density at radius 2 is 1.38 bits per heavy atom. The van der Waals surface area contributed by atoms with E-state index in [0.717, 1.165) is 39.0 Å². The van der Waals surface area contributed by atoms with E-state index in [1.807, 2.05) is 18.2 Å². The summed E-state index contributed by atoms with van der Waals surface area (Å²) < 4.78 is 2.06. The summed E-state index contributed by atoms with van der Waals surface area (Å²) in [4.78, 5) is 0. The molecule has 0 saturated carbocycles. The summed E-state index contributed by atoms with van der Waals surface area (Å²) in [6.07, 6.45) is 2.06. The maximum absolute atomic E-state index is 5.05. The number of hydrogen-bond acceptors (Lipinski definition) is 1. The Hall–Kier alpha value is -4.13. The van der Waals surface area contributed by atoms with Crippen LogP contribution in [0.2, 0.25) is 0 Å². The normalized spacial score (nSPS) is 11.3. The molecule has 0 aliphatic rings. The van der Waals surface area contributed by atoms with E-state index in [0.29, 0.717) is 0 Å². The number of fused-ring (bicyclic) bond motifs is 1. The average Bonchev–Trinajstić information content (AvgIpc) is 3.24. The van der Waals surface area contributed by atoms with Crippen molar-refractivity contribution < 1.29 is 0 Å². The number of rotatable bonds is 4. The highest BCUT2D eigenvalue weighted by Crippen LogP contribution is 2.34. The van der Waals surface area contributed by atoms with E-state index in [1.165, 1.54) is 5.56 Å². The van der Waals surface area contributed by atoms with E-state index < -0.39 is 0 Å². The summed E-state index contributed by atoms with van der Waals surface area (Å²) in [5.74, 6) is 0. The van der Waals surface area contributed by atoms with Crippen molar-refractivity contribution in [3.8, 4) is 5.69 Å². The van der Waals surface area contributed by atoms with Gasteiger partial charge in [0, 0.05) is 5.39 Å². The molecule has 0 atom stereocenters. The minimum atomic E-state index is 0.0385. The van der Waals surface area contributed by atoms with Crippen molar-refractivity contribution in [3.05, 3.63) is 137 Å². The van der Waals surface area contributed by atoms with Gasteiger partial charge in [0.05, 0.1) is 22.5 Å². The van der Waals surface area contributed by atoms with E-state index in [4.69, 9.17) is 5.10 Å². The van der Waals surface area contributed by atoms with Crippen LogP contribution in [0.25, 0.3) is 28.2 Å². The largest absolute Gasteiger partial charge is 0.231 e. The minimum Gasteiger partial charge on any atom is -0.231 e. The molecule has 1 aromatic heterocycles. The predicted octanol–water partition coefficient (Wildman–Crippen LogP) is 8.07. The van der Waals surface area contributed by atoms with Gasteiger partial charge in [-0.15, -0.1) is 5.73 Å². The van der Waals surface area contributed by atoms with E-state index in [9.17, 15) is 0 Å². The molecule has 5 aromatic rings. The van der Waals surface area contributed by atoms with E-state index >= 15 is 0 Å². The lowest BCUT2D eigenvalue weighted by Crippen LogP contribution is -2.10. The van der Waals surface area contributed by atoms with Gasteiger partial charge in [0.2, 0.25) is 0 Å². The van der Waals surface area contributed by atoms with Gasteiger partial charge in [0.1, 0.15) is 0 Å². The Bertz CT molecular complexity index is 1480. The summed E-state index contributed by atoms with van der Waals surface area (Å²) in [5, 5.41) is 6.18. The van der Waals surface area contributed by atoms with Gasteiger partial charge in [-0.3, -0.25) is 0 Å². The van der Waals surface area contributed by atoms with Gasteiger partial charge >= 0.3 is 0 Å². The fourth-order valence-electron chi connectivity index (χ4n) is 4.15. The van der Waals surface area contributed by atoms with Crippen molar-refractivity contribution in [2.75, 3.05) is 0 Å². The first kappa shape index (κ1) is 21.7. The first-order valence-electron chi connectivity index (χ1n) is 11.7. The van der Waals surface area contributed by atoms with Crippen LogP contribution in [0.4, 0.5) is 0 Å². The van der Waals surface area contributed by atoms with Crippen LogP contribution >= 0.6 is 0 Å². The molecule has 0 unspecified atom stereocenters. The molecule has 0 amide bonds. The Morgan fingerprint density at radius 1 is 0.765 bits per heavy atom. The maximum Gasteiger partial charge on any atom is 0.0934 e. The van der Waals surface area contributed by atoms with Crippen LogP contribution in [-0.2, 0) is 5.41 Å². The molecule has 34 heavy (non-hydrogen) atoms. The van der Waals surface area contributed by atoms with E-state index in [1.54, 1.807) is 0 Å². The molecule has 5 rings (SSSR count). The zero-order chi connectivity index (χ0) is 23.5. The molecule has 0 N–H and O–H groups in total. The van der Waals surface area contributed by atoms with Crippen LogP contribution in [0.3, 0.4) is 0 Å². The second-order valence-corrected chi connectivity index (χ2v) is 9.52. The molecule has 0 fully saturated rings. The molecule has 166 valence electrons. The van der Waals surface area contributed by atoms with E-state index in [-0.39, 0.29) is 5.41 Å². The smallest absolute Gasteiger partial charge is 0.0934 e. The molecule has 2 nitrogen and oxygen atoms in total. The SMILES string of the molecule is CC(C)(C)c1ccc2nn(-c3ccccc3)c(C(=C=Cc3ccccc3)c3ccccc3)c2c1. The monoisotopic (exact) mass is 440 g/mol. The third kappa shape index (κ3) is 4.37. The zero-order valence-electron chi connectivity index (χ0n) is 19.9. The Kier molecular flexibility index (Phi) is 5.76. The van der Waals surface area contributed by atoms with Gasteiger partial charge in [0.25, 0.3) is 0 Å². The molecule has 0 saturated heterocycles. The predicted molar refractivity (Wildman–Crippen MR) is 143 cm³/mol. The van der Waals surface area contributed by atoms with Gasteiger partial charge in [-0.25, -0.2) is 4.68 Å². The number of para-hydroxylation sites is 1. The number of hydrogen-bond donors (Lipinski definition) is 0. The first-order chi connectivity index (χ1) is 16.5. The molecule has 2 heteroatoms. The van der Waals surface area contributed by atoms with Crippen molar-refractivity contribution in [2.24, 2.45) is 0 Å². The van der Waals surface area contributed by atoms with Crippen LogP contribution in [0.1, 0.15) is 43.2 Å². The van der Waals surface area contributed by atoms with Crippen LogP contribution < -0.4 is 0 Å². The van der Waals surface area contributed by atoms with Gasteiger partial charge in [-0.05, 0) is 52.4 Å². The third-order valence-electron chi connectivity index (χ3n) is 6.02.